The summed E-state index contributed by atoms with van der Waals surface area (Å²) < 4.78 is 5.23. The van der Waals surface area contributed by atoms with Crippen LogP contribution in [0.5, 0.6) is 0 Å². The fourth-order valence-corrected chi connectivity index (χ4v) is 3.02. The van der Waals surface area contributed by atoms with Gasteiger partial charge in [-0.2, -0.15) is 0 Å². The van der Waals surface area contributed by atoms with Gasteiger partial charge in [0.25, 0.3) is 17.7 Å². The molecule has 1 aliphatic rings. The van der Waals surface area contributed by atoms with Crippen molar-refractivity contribution in [2.45, 2.75) is 39.8 Å². The van der Waals surface area contributed by atoms with Gasteiger partial charge >= 0.3 is 5.97 Å². The van der Waals surface area contributed by atoms with Crippen LogP contribution in [-0.2, 0) is 9.53 Å². The molecule has 0 spiro atoms. The Hall–Kier alpha value is -3.48. The van der Waals surface area contributed by atoms with Crippen molar-refractivity contribution in [2.75, 3.05) is 5.32 Å². The third-order valence-electron chi connectivity index (χ3n) is 4.64. The molecule has 0 unspecified atom stereocenters. The van der Waals surface area contributed by atoms with E-state index in [1.54, 1.807) is 26.0 Å². The van der Waals surface area contributed by atoms with Gasteiger partial charge in [-0.1, -0.05) is 17.7 Å². The zero-order valence-electron chi connectivity index (χ0n) is 16.7. The predicted molar refractivity (Wildman–Crippen MR) is 107 cm³/mol. The van der Waals surface area contributed by atoms with Gasteiger partial charge in [-0.15, -0.1) is 0 Å². The Balaban J connectivity index is 1.70. The van der Waals surface area contributed by atoms with Crippen molar-refractivity contribution in [2.24, 2.45) is 0 Å². The lowest BCUT2D eigenvalue weighted by Gasteiger charge is -2.17. The minimum atomic E-state index is -1.04. The number of imide groups is 1. The molecule has 0 radical (unpaired) electrons. The van der Waals surface area contributed by atoms with Crippen LogP contribution in [0.2, 0.25) is 0 Å². The highest BCUT2D eigenvalue weighted by atomic mass is 16.5. The smallest absolute Gasteiger partial charge is 0.338 e. The van der Waals surface area contributed by atoms with Crippen LogP contribution in [0.1, 0.15) is 57.4 Å². The van der Waals surface area contributed by atoms with Gasteiger partial charge in [0.2, 0.25) is 0 Å². The lowest BCUT2D eigenvalue weighted by Crippen LogP contribution is -2.35. The standard InChI is InChI=1S/C22H22N2O5/c1-12(2)24-20(26)17-10-7-15(11-18(17)21(24)27)22(28)29-14(4)19(25)23-16-8-5-13(3)6-9-16/h5-12,14H,1-4H3,(H,23,25)/t14-/m1/s1. The van der Waals surface area contributed by atoms with Crippen molar-refractivity contribution >= 4 is 29.4 Å². The predicted octanol–water partition coefficient (Wildman–Crippen LogP) is 3.18. The fraction of sp³-hybridized carbons (Fsp3) is 0.273. The van der Waals surface area contributed by atoms with Crippen molar-refractivity contribution in [1.82, 2.24) is 4.90 Å². The number of aryl methyl sites for hydroxylation is 1. The Kier molecular flexibility index (Phi) is 5.50. The molecule has 29 heavy (non-hydrogen) atoms. The van der Waals surface area contributed by atoms with E-state index in [0.717, 1.165) is 10.5 Å². The fourth-order valence-electron chi connectivity index (χ4n) is 3.02. The van der Waals surface area contributed by atoms with Gasteiger partial charge in [0.15, 0.2) is 6.10 Å². The van der Waals surface area contributed by atoms with Gasteiger partial charge in [-0.3, -0.25) is 19.3 Å². The van der Waals surface area contributed by atoms with Crippen molar-refractivity contribution in [3.05, 3.63) is 64.7 Å². The van der Waals surface area contributed by atoms with E-state index in [1.165, 1.54) is 25.1 Å². The largest absolute Gasteiger partial charge is 0.449 e. The maximum absolute atomic E-state index is 12.5. The molecule has 2 aromatic rings. The van der Waals surface area contributed by atoms with Crippen LogP contribution in [-0.4, -0.2) is 40.7 Å². The van der Waals surface area contributed by atoms with Crippen molar-refractivity contribution in [3.63, 3.8) is 0 Å². The van der Waals surface area contributed by atoms with Gasteiger partial charge in [0.1, 0.15) is 0 Å². The molecule has 150 valence electrons. The van der Waals surface area contributed by atoms with Crippen LogP contribution in [0.4, 0.5) is 5.69 Å². The zero-order valence-corrected chi connectivity index (χ0v) is 16.7. The van der Waals surface area contributed by atoms with Gasteiger partial charge in [0.05, 0.1) is 16.7 Å². The molecule has 2 aromatic carbocycles. The average molecular weight is 394 g/mol. The first-order valence-corrected chi connectivity index (χ1v) is 9.29. The molecule has 0 aliphatic carbocycles. The Bertz CT molecular complexity index is 995. The molecule has 3 rings (SSSR count). The number of benzene rings is 2. The number of ether oxygens (including phenoxy) is 1. The molecule has 0 fully saturated rings. The Morgan fingerprint density at radius 3 is 2.17 bits per heavy atom. The van der Waals surface area contributed by atoms with E-state index >= 15 is 0 Å². The Morgan fingerprint density at radius 2 is 1.55 bits per heavy atom. The minimum absolute atomic E-state index is 0.102. The molecule has 7 heteroatoms. The first kappa shape index (κ1) is 20.3. The number of hydrogen-bond donors (Lipinski definition) is 1. The number of hydrogen-bond acceptors (Lipinski definition) is 5. The number of carbonyl (C=O) groups excluding carboxylic acids is 4. The van der Waals surface area contributed by atoms with Gasteiger partial charge in [0, 0.05) is 11.7 Å². The van der Waals surface area contributed by atoms with Crippen LogP contribution in [0.15, 0.2) is 42.5 Å². The van der Waals surface area contributed by atoms with E-state index in [4.69, 9.17) is 4.74 Å². The molecule has 0 saturated carbocycles. The van der Waals surface area contributed by atoms with E-state index < -0.39 is 23.9 Å². The van der Waals surface area contributed by atoms with Crippen molar-refractivity contribution in [1.29, 1.82) is 0 Å². The summed E-state index contributed by atoms with van der Waals surface area (Å²) >= 11 is 0. The second-order valence-electron chi connectivity index (χ2n) is 7.24. The Morgan fingerprint density at radius 1 is 0.931 bits per heavy atom. The molecular weight excluding hydrogens is 372 g/mol. The minimum Gasteiger partial charge on any atom is -0.449 e. The van der Waals surface area contributed by atoms with Crippen molar-refractivity contribution in [3.8, 4) is 0 Å². The lowest BCUT2D eigenvalue weighted by atomic mass is 10.1. The van der Waals surface area contributed by atoms with E-state index in [0.29, 0.717) is 5.69 Å². The zero-order chi connectivity index (χ0) is 21.3. The molecule has 0 saturated heterocycles. The van der Waals surface area contributed by atoms with Crippen LogP contribution in [0.25, 0.3) is 0 Å². The highest BCUT2D eigenvalue weighted by Gasteiger charge is 2.37. The number of nitrogens with one attached hydrogen (secondary N) is 1. The van der Waals surface area contributed by atoms with E-state index in [1.807, 2.05) is 19.1 Å². The summed E-state index contributed by atoms with van der Waals surface area (Å²) in [6.07, 6.45) is -1.04. The summed E-state index contributed by atoms with van der Waals surface area (Å²) in [6.45, 7) is 6.88. The molecule has 0 bridgehead atoms. The number of nitrogens with zero attached hydrogens (tertiary/aromatic N) is 1. The number of rotatable bonds is 5. The summed E-state index contributed by atoms with van der Waals surface area (Å²) in [6, 6.07) is 11.1. The van der Waals surface area contributed by atoms with Crippen molar-refractivity contribution < 1.29 is 23.9 Å². The quantitative estimate of drug-likeness (QED) is 0.621. The highest BCUT2D eigenvalue weighted by molar-refractivity contribution is 6.22. The lowest BCUT2D eigenvalue weighted by molar-refractivity contribution is -0.123. The molecule has 1 atom stereocenters. The summed E-state index contributed by atoms with van der Waals surface area (Å²) in [5, 5.41) is 2.68. The number of anilines is 1. The van der Waals surface area contributed by atoms with Gasteiger partial charge in [-0.25, -0.2) is 4.79 Å². The highest BCUT2D eigenvalue weighted by Crippen LogP contribution is 2.26. The molecule has 3 amide bonds. The summed E-state index contributed by atoms with van der Waals surface area (Å²) in [4.78, 5) is 50.7. The molecule has 0 aromatic heterocycles. The summed E-state index contributed by atoms with van der Waals surface area (Å²) in [7, 11) is 0. The number of carbonyl (C=O) groups is 4. The molecular formula is C22H22N2O5. The van der Waals surface area contributed by atoms with Crippen LogP contribution in [0, 0.1) is 6.92 Å². The second kappa shape index (κ2) is 7.87. The first-order valence-electron chi connectivity index (χ1n) is 9.29. The summed E-state index contributed by atoms with van der Waals surface area (Å²) in [5.74, 6) is -2.05. The molecule has 1 aliphatic heterocycles. The Labute approximate surface area is 168 Å². The number of esters is 1. The van der Waals surface area contributed by atoms with Gasteiger partial charge in [-0.05, 0) is 58.0 Å². The SMILES string of the molecule is Cc1ccc(NC(=O)[C@@H](C)OC(=O)c2ccc3c(c2)C(=O)N(C(C)C)C3=O)cc1. The molecule has 1 heterocycles. The van der Waals surface area contributed by atoms with Crippen LogP contribution < -0.4 is 5.32 Å². The molecule has 1 N–H and O–H groups in total. The third-order valence-corrected chi connectivity index (χ3v) is 4.64. The van der Waals surface area contributed by atoms with E-state index in [9.17, 15) is 19.2 Å². The third kappa shape index (κ3) is 4.03. The van der Waals surface area contributed by atoms with Gasteiger partial charge < -0.3 is 10.1 Å². The topological polar surface area (TPSA) is 92.8 Å². The second-order valence-corrected chi connectivity index (χ2v) is 7.24. The van der Waals surface area contributed by atoms with Crippen LogP contribution >= 0.6 is 0 Å². The van der Waals surface area contributed by atoms with Crippen LogP contribution in [0.3, 0.4) is 0 Å². The maximum atomic E-state index is 12.5. The van der Waals surface area contributed by atoms with E-state index in [-0.39, 0.29) is 28.6 Å². The average Bonchev–Trinajstić information content (AvgIpc) is 2.93. The normalized spacial score (nSPS) is 14.0. The molecule has 7 nitrogen and oxygen atoms in total. The maximum Gasteiger partial charge on any atom is 0.338 e. The number of fused-ring (bicyclic) bond motifs is 1. The monoisotopic (exact) mass is 394 g/mol. The summed E-state index contributed by atoms with van der Waals surface area (Å²) in [5.41, 5.74) is 2.17. The number of amides is 3. The first-order chi connectivity index (χ1) is 13.7. The van der Waals surface area contributed by atoms with E-state index in [2.05, 4.69) is 5.32 Å².